The van der Waals surface area contributed by atoms with Crippen molar-refractivity contribution in [3.05, 3.63) is 22.4 Å². The van der Waals surface area contributed by atoms with Gasteiger partial charge >= 0.3 is 0 Å². The minimum Gasteiger partial charge on any atom is -0.347 e. The fourth-order valence-electron chi connectivity index (χ4n) is 1.28. The van der Waals surface area contributed by atoms with Gasteiger partial charge in [0.25, 0.3) is 5.91 Å². The van der Waals surface area contributed by atoms with Gasteiger partial charge in [0.05, 0.1) is 0 Å². The Bertz CT molecular complexity index is 348. The van der Waals surface area contributed by atoms with E-state index < -0.39 is 0 Å². The number of halogens is 1. The molecule has 4 nitrogen and oxygen atoms in total. The van der Waals surface area contributed by atoms with Crippen molar-refractivity contribution in [3.8, 4) is 0 Å². The quantitative estimate of drug-likeness (QED) is 0.870. The summed E-state index contributed by atoms with van der Waals surface area (Å²) in [6.45, 7) is 5.09. The fourth-order valence-corrected chi connectivity index (χ4v) is 1.75. The molecule has 84 valence electrons. The van der Waals surface area contributed by atoms with E-state index in [1.54, 1.807) is 0 Å². The minimum atomic E-state index is -0.0829. The molecule has 0 bridgehead atoms. The first-order chi connectivity index (χ1) is 7.08. The van der Waals surface area contributed by atoms with Gasteiger partial charge in [-0.15, -0.1) is 0 Å². The molecule has 0 saturated carbocycles. The Morgan fingerprint density at radius 1 is 1.73 bits per heavy atom. The van der Waals surface area contributed by atoms with Gasteiger partial charge in [0, 0.05) is 29.8 Å². The van der Waals surface area contributed by atoms with Gasteiger partial charge in [0.2, 0.25) is 0 Å². The number of rotatable bonds is 4. The van der Waals surface area contributed by atoms with Crippen LogP contribution in [0.1, 0.15) is 24.3 Å². The van der Waals surface area contributed by atoms with Gasteiger partial charge in [-0.3, -0.25) is 4.79 Å². The van der Waals surface area contributed by atoms with E-state index in [0.29, 0.717) is 12.2 Å². The first kappa shape index (κ1) is 12.3. The normalized spacial score (nSPS) is 12.5. The summed E-state index contributed by atoms with van der Waals surface area (Å²) in [7, 11) is 0. The van der Waals surface area contributed by atoms with E-state index in [2.05, 4.69) is 21.2 Å². The van der Waals surface area contributed by atoms with Crippen molar-refractivity contribution in [2.75, 3.05) is 6.54 Å². The molecule has 5 heteroatoms. The van der Waals surface area contributed by atoms with Crippen LogP contribution >= 0.6 is 15.9 Å². The first-order valence-electron chi connectivity index (χ1n) is 4.95. The molecule has 1 rings (SSSR count). The van der Waals surface area contributed by atoms with Crippen molar-refractivity contribution >= 4 is 21.8 Å². The standard InChI is InChI=1S/C10H16BrN3O/c1-3-14-6-8(11)4-9(14)10(15)13-7(2)5-12/h4,6-7H,3,5,12H2,1-2H3,(H,13,15)/t7-/m0/s1. The van der Waals surface area contributed by atoms with Crippen molar-refractivity contribution in [3.63, 3.8) is 0 Å². The molecule has 0 spiro atoms. The molecule has 0 unspecified atom stereocenters. The number of hydrogen-bond acceptors (Lipinski definition) is 2. The zero-order valence-corrected chi connectivity index (χ0v) is 10.5. The van der Waals surface area contributed by atoms with Gasteiger partial charge in [0.1, 0.15) is 5.69 Å². The van der Waals surface area contributed by atoms with Crippen molar-refractivity contribution < 1.29 is 4.79 Å². The third-order valence-electron chi connectivity index (χ3n) is 2.17. The second-order valence-electron chi connectivity index (χ2n) is 3.44. The predicted octanol–water partition coefficient (Wildman–Crippen LogP) is 1.35. The predicted molar refractivity (Wildman–Crippen MR) is 63.8 cm³/mol. The number of amides is 1. The van der Waals surface area contributed by atoms with Crippen molar-refractivity contribution in [1.29, 1.82) is 0 Å². The van der Waals surface area contributed by atoms with Crippen LogP contribution in [0.25, 0.3) is 0 Å². The monoisotopic (exact) mass is 273 g/mol. The molecule has 1 atom stereocenters. The molecule has 15 heavy (non-hydrogen) atoms. The highest BCUT2D eigenvalue weighted by molar-refractivity contribution is 9.10. The zero-order valence-electron chi connectivity index (χ0n) is 8.96. The van der Waals surface area contributed by atoms with Crippen LogP contribution in [0.5, 0.6) is 0 Å². The molecule has 0 fully saturated rings. The van der Waals surface area contributed by atoms with Gasteiger partial charge in [-0.2, -0.15) is 0 Å². The smallest absolute Gasteiger partial charge is 0.268 e. The largest absolute Gasteiger partial charge is 0.347 e. The van der Waals surface area contributed by atoms with Crippen LogP contribution in [0.4, 0.5) is 0 Å². The number of carbonyl (C=O) groups excluding carboxylic acids is 1. The number of nitrogens with one attached hydrogen (secondary N) is 1. The van der Waals surface area contributed by atoms with Crippen molar-refractivity contribution in [1.82, 2.24) is 9.88 Å². The Morgan fingerprint density at radius 2 is 2.40 bits per heavy atom. The summed E-state index contributed by atoms with van der Waals surface area (Å²) >= 11 is 3.35. The number of aryl methyl sites for hydroxylation is 1. The molecule has 0 aliphatic carbocycles. The van der Waals surface area contributed by atoms with Crippen LogP contribution in [0.3, 0.4) is 0 Å². The minimum absolute atomic E-state index is 0.00326. The van der Waals surface area contributed by atoms with E-state index >= 15 is 0 Å². The number of nitrogens with two attached hydrogens (primary N) is 1. The molecule has 0 radical (unpaired) electrons. The number of carbonyl (C=O) groups is 1. The summed E-state index contributed by atoms with van der Waals surface area (Å²) in [5, 5.41) is 2.83. The molecular weight excluding hydrogens is 258 g/mol. The first-order valence-corrected chi connectivity index (χ1v) is 5.74. The van der Waals surface area contributed by atoms with Gasteiger partial charge < -0.3 is 15.6 Å². The maximum absolute atomic E-state index is 11.8. The van der Waals surface area contributed by atoms with E-state index in [1.165, 1.54) is 0 Å². The van der Waals surface area contributed by atoms with Gasteiger partial charge in [-0.05, 0) is 35.8 Å². The van der Waals surface area contributed by atoms with Crippen LogP contribution in [0.2, 0.25) is 0 Å². The molecule has 0 aliphatic rings. The van der Waals surface area contributed by atoms with E-state index in [1.807, 2.05) is 30.7 Å². The Hall–Kier alpha value is -0.810. The molecule has 0 aromatic carbocycles. The summed E-state index contributed by atoms with van der Waals surface area (Å²) in [6, 6.07) is 1.80. The maximum atomic E-state index is 11.8. The van der Waals surface area contributed by atoms with Gasteiger partial charge in [-0.25, -0.2) is 0 Å². The molecule has 3 N–H and O–H groups in total. The average molecular weight is 274 g/mol. The summed E-state index contributed by atoms with van der Waals surface area (Å²) in [5.41, 5.74) is 6.10. The number of aromatic nitrogens is 1. The third-order valence-corrected chi connectivity index (χ3v) is 2.60. The van der Waals surface area contributed by atoms with Gasteiger partial charge in [0.15, 0.2) is 0 Å². The van der Waals surface area contributed by atoms with Crippen LogP contribution < -0.4 is 11.1 Å². The molecule has 1 aromatic heterocycles. The molecule has 0 saturated heterocycles. The zero-order chi connectivity index (χ0) is 11.4. The van der Waals surface area contributed by atoms with Gasteiger partial charge in [-0.1, -0.05) is 0 Å². The number of nitrogens with zero attached hydrogens (tertiary/aromatic N) is 1. The molecule has 0 aliphatic heterocycles. The van der Waals surface area contributed by atoms with E-state index in [0.717, 1.165) is 11.0 Å². The van der Waals surface area contributed by atoms with Crippen LogP contribution in [0, 0.1) is 0 Å². The lowest BCUT2D eigenvalue weighted by Crippen LogP contribution is -2.38. The average Bonchev–Trinajstić information content (AvgIpc) is 2.59. The third kappa shape index (κ3) is 3.07. The highest BCUT2D eigenvalue weighted by atomic mass is 79.9. The highest BCUT2D eigenvalue weighted by Gasteiger charge is 2.13. The Balaban J connectivity index is 2.81. The number of hydrogen-bond donors (Lipinski definition) is 2. The van der Waals surface area contributed by atoms with E-state index in [9.17, 15) is 4.79 Å². The SMILES string of the molecule is CCn1cc(Br)cc1C(=O)N[C@@H](C)CN. The molecular formula is C10H16BrN3O. The Kier molecular flexibility index (Phi) is 4.35. The summed E-state index contributed by atoms with van der Waals surface area (Å²) in [5.74, 6) is -0.0829. The van der Waals surface area contributed by atoms with Crippen LogP contribution in [-0.4, -0.2) is 23.1 Å². The van der Waals surface area contributed by atoms with E-state index in [-0.39, 0.29) is 11.9 Å². The lowest BCUT2D eigenvalue weighted by Gasteiger charge is -2.12. The summed E-state index contributed by atoms with van der Waals surface area (Å²) in [4.78, 5) is 11.8. The molecule has 1 amide bonds. The Labute approximate surface area is 98.0 Å². The Morgan fingerprint density at radius 3 is 2.93 bits per heavy atom. The summed E-state index contributed by atoms with van der Waals surface area (Å²) in [6.07, 6.45) is 1.89. The topological polar surface area (TPSA) is 60.0 Å². The van der Waals surface area contributed by atoms with Crippen molar-refractivity contribution in [2.45, 2.75) is 26.4 Å². The molecule has 1 heterocycles. The highest BCUT2D eigenvalue weighted by Crippen LogP contribution is 2.14. The van der Waals surface area contributed by atoms with E-state index in [4.69, 9.17) is 5.73 Å². The second-order valence-corrected chi connectivity index (χ2v) is 4.36. The summed E-state index contributed by atoms with van der Waals surface area (Å²) < 4.78 is 2.80. The van der Waals surface area contributed by atoms with Crippen LogP contribution in [-0.2, 0) is 6.54 Å². The van der Waals surface area contributed by atoms with Crippen molar-refractivity contribution in [2.24, 2.45) is 5.73 Å². The maximum Gasteiger partial charge on any atom is 0.268 e. The lowest BCUT2D eigenvalue weighted by atomic mass is 10.3. The lowest BCUT2D eigenvalue weighted by molar-refractivity contribution is 0.0932. The molecule has 1 aromatic rings. The fraction of sp³-hybridized carbons (Fsp3) is 0.500. The second kappa shape index (κ2) is 5.32. The van der Waals surface area contributed by atoms with Crippen LogP contribution in [0.15, 0.2) is 16.7 Å².